The third-order valence-corrected chi connectivity index (χ3v) is 2.37. The molecular formula is C13H19NO. The van der Waals surface area contributed by atoms with Crippen LogP contribution < -0.4 is 5.32 Å². The molecular weight excluding hydrogens is 186 g/mol. The van der Waals surface area contributed by atoms with Gasteiger partial charge in [-0.2, -0.15) is 0 Å². The molecule has 82 valence electrons. The summed E-state index contributed by atoms with van der Waals surface area (Å²) in [5.41, 5.74) is 2.06. The van der Waals surface area contributed by atoms with Crippen LogP contribution in [0, 0.1) is 0 Å². The Labute approximate surface area is 91.7 Å². The quantitative estimate of drug-likeness (QED) is 0.786. The molecule has 1 N–H and O–H groups in total. The normalized spacial score (nSPS) is 10.0. The molecule has 0 aliphatic rings. The summed E-state index contributed by atoms with van der Waals surface area (Å²) in [6.07, 6.45) is 3.52. The van der Waals surface area contributed by atoms with Crippen LogP contribution in [-0.4, -0.2) is 12.5 Å². The van der Waals surface area contributed by atoms with Crippen LogP contribution in [0.2, 0.25) is 0 Å². The lowest BCUT2D eigenvalue weighted by atomic mass is 10.1. The van der Waals surface area contributed by atoms with Crippen molar-refractivity contribution in [2.24, 2.45) is 0 Å². The van der Waals surface area contributed by atoms with Gasteiger partial charge < -0.3 is 5.32 Å². The summed E-state index contributed by atoms with van der Waals surface area (Å²) in [6.45, 7) is 4.78. The number of carbonyl (C=O) groups excluding carboxylic acids is 1. The largest absolute Gasteiger partial charge is 0.352 e. The van der Waals surface area contributed by atoms with E-state index < -0.39 is 0 Å². The lowest BCUT2D eigenvalue weighted by Crippen LogP contribution is -2.22. The summed E-state index contributed by atoms with van der Waals surface area (Å²) in [6, 6.07) is 7.88. The van der Waals surface area contributed by atoms with E-state index in [2.05, 4.69) is 12.2 Å². The van der Waals surface area contributed by atoms with Crippen LogP contribution in [0.5, 0.6) is 0 Å². The molecule has 0 saturated heterocycles. The Kier molecular flexibility index (Phi) is 4.88. The summed E-state index contributed by atoms with van der Waals surface area (Å²) in [5, 5.41) is 2.79. The Morgan fingerprint density at radius 2 is 1.87 bits per heavy atom. The zero-order valence-electron chi connectivity index (χ0n) is 9.55. The highest BCUT2D eigenvalue weighted by Gasteiger charge is 2.02. The van der Waals surface area contributed by atoms with Crippen LogP contribution >= 0.6 is 0 Å². The van der Waals surface area contributed by atoms with Crippen LogP contribution in [0.25, 0.3) is 0 Å². The highest BCUT2D eigenvalue weighted by molar-refractivity contribution is 5.94. The van der Waals surface area contributed by atoms with Gasteiger partial charge in [0.25, 0.3) is 5.91 Å². The monoisotopic (exact) mass is 205 g/mol. The number of rotatable bonds is 5. The van der Waals surface area contributed by atoms with Crippen LogP contribution in [0.1, 0.15) is 42.6 Å². The Morgan fingerprint density at radius 3 is 2.40 bits per heavy atom. The van der Waals surface area contributed by atoms with Crippen molar-refractivity contribution >= 4 is 5.91 Å². The average Bonchev–Trinajstić information content (AvgIpc) is 2.27. The summed E-state index contributed by atoms with van der Waals surface area (Å²) < 4.78 is 0. The number of amides is 1. The molecule has 0 radical (unpaired) electrons. The maximum atomic E-state index is 11.5. The molecule has 0 aromatic heterocycles. The van der Waals surface area contributed by atoms with Crippen molar-refractivity contribution in [1.82, 2.24) is 5.32 Å². The van der Waals surface area contributed by atoms with E-state index in [1.165, 1.54) is 18.4 Å². The van der Waals surface area contributed by atoms with Crippen LogP contribution in [-0.2, 0) is 6.42 Å². The predicted octanol–water partition coefficient (Wildman–Crippen LogP) is 2.78. The Morgan fingerprint density at radius 1 is 1.20 bits per heavy atom. The lowest BCUT2D eigenvalue weighted by Gasteiger charge is -2.03. The van der Waals surface area contributed by atoms with Crippen molar-refractivity contribution < 1.29 is 4.79 Å². The van der Waals surface area contributed by atoms with Gasteiger partial charge in [-0.3, -0.25) is 4.79 Å². The van der Waals surface area contributed by atoms with E-state index in [1.807, 2.05) is 31.2 Å². The van der Waals surface area contributed by atoms with E-state index >= 15 is 0 Å². The fraction of sp³-hybridized carbons (Fsp3) is 0.462. The second-order valence-corrected chi connectivity index (χ2v) is 3.66. The van der Waals surface area contributed by atoms with E-state index in [4.69, 9.17) is 0 Å². The molecule has 0 atom stereocenters. The minimum Gasteiger partial charge on any atom is -0.352 e. The number of aryl methyl sites for hydroxylation is 1. The van der Waals surface area contributed by atoms with Gasteiger partial charge in [-0.25, -0.2) is 0 Å². The Balaban J connectivity index is 2.59. The van der Waals surface area contributed by atoms with E-state index in [1.54, 1.807) is 0 Å². The van der Waals surface area contributed by atoms with Gasteiger partial charge in [0, 0.05) is 12.1 Å². The fourth-order valence-corrected chi connectivity index (χ4v) is 1.47. The van der Waals surface area contributed by atoms with Gasteiger partial charge in [-0.1, -0.05) is 25.5 Å². The van der Waals surface area contributed by atoms with Crippen LogP contribution in [0.3, 0.4) is 0 Å². The van der Waals surface area contributed by atoms with Crippen molar-refractivity contribution in [3.8, 4) is 0 Å². The second kappa shape index (κ2) is 6.23. The number of unbranched alkanes of at least 4 members (excludes halogenated alkanes) is 1. The predicted molar refractivity (Wildman–Crippen MR) is 63.1 cm³/mol. The number of hydrogen-bond acceptors (Lipinski definition) is 1. The zero-order chi connectivity index (χ0) is 11.1. The topological polar surface area (TPSA) is 29.1 Å². The highest BCUT2D eigenvalue weighted by Crippen LogP contribution is 2.07. The van der Waals surface area contributed by atoms with Gasteiger partial charge in [-0.05, 0) is 37.5 Å². The maximum Gasteiger partial charge on any atom is 0.251 e. The summed E-state index contributed by atoms with van der Waals surface area (Å²) in [4.78, 5) is 11.5. The number of benzene rings is 1. The molecule has 0 fully saturated rings. The maximum absolute atomic E-state index is 11.5. The van der Waals surface area contributed by atoms with Crippen molar-refractivity contribution in [2.75, 3.05) is 6.54 Å². The molecule has 1 aromatic rings. The summed E-state index contributed by atoms with van der Waals surface area (Å²) in [7, 11) is 0. The van der Waals surface area contributed by atoms with Gasteiger partial charge in [0.05, 0.1) is 0 Å². The molecule has 0 heterocycles. The molecule has 0 unspecified atom stereocenters. The molecule has 0 saturated carbocycles. The third-order valence-electron chi connectivity index (χ3n) is 2.37. The first-order valence-electron chi connectivity index (χ1n) is 5.65. The van der Waals surface area contributed by atoms with Crippen LogP contribution in [0.15, 0.2) is 24.3 Å². The first-order chi connectivity index (χ1) is 7.27. The highest BCUT2D eigenvalue weighted by atomic mass is 16.1. The standard InChI is InChI=1S/C13H19NO/c1-3-5-6-11-7-9-12(10-8-11)13(15)14-4-2/h7-10H,3-6H2,1-2H3,(H,14,15). The summed E-state index contributed by atoms with van der Waals surface area (Å²) in [5.74, 6) is 0.0135. The number of hydrogen-bond donors (Lipinski definition) is 1. The van der Waals surface area contributed by atoms with Crippen LogP contribution in [0.4, 0.5) is 0 Å². The smallest absolute Gasteiger partial charge is 0.251 e. The van der Waals surface area contributed by atoms with E-state index in [-0.39, 0.29) is 5.91 Å². The van der Waals surface area contributed by atoms with Gasteiger partial charge >= 0.3 is 0 Å². The van der Waals surface area contributed by atoms with Gasteiger partial charge in [0.2, 0.25) is 0 Å². The zero-order valence-corrected chi connectivity index (χ0v) is 9.55. The third kappa shape index (κ3) is 3.74. The second-order valence-electron chi connectivity index (χ2n) is 3.66. The van der Waals surface area contributed by atoms with Gasteiger partial charge in [-0.15, -0.1) is 0 Å². The molecule has 2 heteroatoms. The first kappa shape index (κ1) is 11.8. The molecule has 0 spiro atoms. The van der Waals surface area contributed by atoms with E-state index in [0.717, 1.165) is 12.0 Å². The molecule has 1 amide bonds. The summed E-state index contributed by atoms with van der Waals surface area (Å²) >= 11 is 0. The molecule has 1 aromatic carbocycles. The molecule has 2 nitrogen and oxygen atoms in total. The minimum absolute atomic E-state index is 0.0135. The Bertz CT molecular complexity index is 303. The lowest BCUT2D eigenvalue weighted by molar-refractivity contribution is 0.0956. The fourth-order valence-electron chi connectivity index (χ4n) is 1.47. The molecule has 0 aliphatic carbocycles. The van der Waals surface area contributed by atoms with Crippen molar-refractivity contribution in [3.63, 3.8) is 0 Å². The van der Waals surface area contributed by atoms with E-state index in [0.29, 0.717) is 6.54 Å². The van der Waals surface area contributed by atoms with Crippen molar-refractivity contribution in [2.45, 2.75) is 33.1 Å². The number of carbonyl (C=O) groups is 1. The SMILES string of the molecule is CCCCc1ccc(C(=O)NCC)cc1. The molecule has 1 rings (SSSR count). The van der Waals surface area contributed by atoms with Gasteiger partial charge in [0.15, 0.2) is 0 Å². The first-order valence-corrected chi connectivity index (χ1v) is 5.65. The molecule has 0 bridgehead atoms. The molecule has 15 heavy (non-hydrogen) atoms. The van der Waals surface area contributed by atoms with E-state index in [9.17, 15) is 4.79 Å². The minimum atomic E-state index is 0.0135. The van der Waals surface area contributed by atoms with Gasteiger partial charge in [0.1, 0.15) is 0 Å². The van der Waals surface area contributed by atoms with Crippen molar-refractivity contribution in [1.29, 1.82) is 0 Å². The average molecular weight is 205 g/mol. The van der Waals surface area contributed by atoms with Crippen molar-refractivity contribution in [3.05, 3.63) is 35.4 Å². The number of nitrogens with one attached hydrogen (secondary N) is 1. The Hall–Kier alpha value is -1.31. The molecule has 0 aliphatic heterocycles.